The van der Waals surface area contributed by atoms with Gasteiger partial charge in [-0.2, -0.15) is 0 Å². The molecule has 0 fully saturated rings. The highest BCUT2D eigenvalue weighted by Crippen LogP contribution is 2.28. The van der Waals surface area contributed by atoms with Gasteiger partial charge >= 0.3 is 5.97 Å². The Kier molecular flexibility index (Phi) is 8.63. The minimum Gasteiger partial charge on any atom is -0.480 e. The highest BCUT2D eigenvalue weighted by atomic mass is 16.4. The highest BCUT2D eigenvalue weighted by Gasteiger charge is 2.29. The first-order chi connectivity index (χ1) is 16.4. The van der Waals surface area contributed by atoms with Crippen molar-refractivity contribution in [3.8, 4) is 11.1 Å². The van der Waals surface area contributed by atoms with Gasteiger partial charge in [-0.3, -0.25) is 4.79 Å². The second kappa shape index (κ2) is 11.8. The van der Waals surface area contributed by atoms with Gasteiger partial charge in [-0.1, -0.05) is 92.4 Å². The normalized spacial score (nSPS) is 11.5. The number of hydrogen-bond donors (Lipinski definition) is 2. The fraction of sp³-hybridized carbons (Fsp3) is 0.241. The van der Waals surface area contributed by atoms with Crippen molar-refractivity contribution in [2.45, 2.75) is 38.8 Å². The molecular formula is C29H32N2O3. The van der Waals surface area contributed by atoms with Crippen LogP contribution >= 0.6 is 0 Å². The van der Waals surface area contributed by atoms with Gasteiger partial charge in [0.25, 0.3) is 0 Å². The minimum atomic E-state index is -0.996. The lowest BCUT2D eigenvalue weighted by atomic mass is 9.97. The third-order valence-corrected chi connectivity index (χ3v) is 5.89. The number of carboxylic acids is 1. The Labute approximate surface area is 201 Å². The lowest BCUT2D eigenvalue weighted by Gasteiger charge is -2.29. The Morgan fingerprint density at radius 2 is 1.59 bits per heavy atom. The smallest absolute Gasteiger partial charge is 0.326 e. The molecule has 0 saturated carbocycles. The molecule has 2 N–H and O–H groups in total. The molecule has 0 heterocycles. The minimum absolute atomic E-state index is 0.148. The molecule has 0 saturated heterocycles. The van der Waals surface area contributed by atoms with E-state index >= 15 is 0 Å². The van der Waals surface area contributed by atoms with Crippen molar-refractivity contribution in [3.63, 3.8) is 0 Å². The molecule has 0 aliphatic rings. The van der Waals surface area contributed by atoms with Crippen LogP contribution in [0.2, 0.25) is 0 Å². The second-order valence-corrected chi connectivity index (χ2v) is 8.29. The van der Waals surface area contributed by atoms with Gasteiger partial charge in [0.15, 0.2) is 0 Å². The first kappa shape index (κ1) is 24.8. The number of carbonyl (C=O) groups is 2. The van der Waals surface area contributed by atoms with E-state index in [9.17, 15) is 14.7 Å². The molecule has 1 amide bonds. The third kappa shape index (κ3) is 6.13. The van der Waals surface area contributed by atoms with E-state index in [1.807, 2.05) is 92.8 Å². The van der Waals surface area contributed by atoms with Crippen molar-refractivity contribution in [3.05, 3.63) is 102 Å². The van der Waals surface area contributed by atoms with Crippen LogP contribution in [0.4, 0.5) is 0 Å². The Bertz CT molecular complexity index is 1120. The summed E-state index contributed by atoms with van der Waals surface area (Å²) in [6, 6.07) is 24.5. The zero-order chi connectivity index (χ0) is 24.5. The maximum atomic E-state index is 13.0. The predicted molar refractivity (Wildman–Crippen MR) is 137 cm³/mol. The van der Waals surface area contributed by atoms with Gasteiger partial charge in [0.1, 0.15) is 6.04 Å². The lowest BCUT2D eigenvalue weighted by Crippen LogP contribution is -2.45. The molecule has 5 nitrogen and oxygen atoms in total. The van der Waals surface area contributed by atoms with Crippen LogP contribution in [0.1, 0.15) is 36.5 Å². The number of aliphatic carboxylic acids is 1. The number of hydrogen-bond acceptors (Lipinski definition) is 3. The first-order valence-corrected chi connectivity index (χ1v) is 11.6. The van der Waals surface area contributed by atoms with Crippen molar-refractivity contribution >= 4 is 17.6 Å². The van der Waals surface area contributed by atoms with Crippen LogP contribution in [0.15, 0.2) is 85.4 Å². The molecule has 1 atom stereocenters. The quantitative estimate of drug-likeness (QED) is 0.407. The van der Waals surface area contributed by atoms with E-state index < -0.39 is 12.0 Å². The van der Waals surface area contributed by atoms with Crippen LogP contribution in [-0.2, 0) is 22.6 Å². The Hall–Kier alpha value is -3.86. The van der Waals surface area contributed by atoms with Gasteiger partial charge in [-0.05, 0) is 28.7 Å². The maximum absolute atomic E-state index is 13.0. The molecule has 3 aromatic rings. The zero-order valence-corrected chi connectivity index (χ0v) is 19.8. The summed E-state index contributed by atoms with van der Waals surface area (Å²) < 4.78 is 0. The molecule has 0 radical (unpaired) electrons. The van der Waals surface area contributed by atoms with Crippen LogP contribution in [0, 0.1) is 0 Å². The van der Waals surface area contributed by atoms with Crippen molar-refractivity contribution in [2.24, 2.45) is 0 Å². The second-order valence-electron chi connectivity index (χ2n) is 8.29. The summed E-state index contributed by atoms with van der Waals surface area (Å²) in [7, 11) is 1.85. The number of carbonyl (C=O) groups excluding carboxylic acids is 1. The van der Waals surface area contributed by atoms with Gasteiger partial charge in [0, 0.05) is 37.7 Å². The van der Waals surface area contributed by atoms with E-state index in [4.69, 9.17) is 0 Å². The summed E-state index contributed by atoms with van der Waals surface area (Å²) in [6.45, 7) is 6.25. The zero-order valence-electron chi connectivity index (χ0n) is 19.8. The topological polar surface area (TPSA) is 69.6 Å². The maximum Gasteiger partial charge on any atom is 0.326 e. The van der Waals surface area contributed by atoms with Crippen LogP contribution in [0.3, 0.4) is 0 Å². The molecule has 34 heavy (non-hydrogen) atoms. The van der Waals surface area contributed by atoms with Crippen LogP contribution < -0.4 is 5.32 Å². The summed E-state index contributed by atoms with van der Waals surface area (Å²) in [5, 5.41) is 13.1. The molecule has 0 aliphatic heterocycles. The largest absolute Gasteiger partial charge is 0.480 e. The first-order valence-electron chi connectivity index (χ1n) is 11.6. The van der Waals surface area contributed by atoms with Crippen molar-refractivity contribution in [1.29, 1.82) is 0 Å². The van der Waals surface area contributed by atoms with Crippen LogP contribution in [0.5, 0.6) is 0 Å². The number of amides is 1. The molecule has 5 heteroatoms. The van der Waals surface area contributed by atoms with Crippen molar-refractivity contribution < 1.29 is 14.7 Å². The van der Waals surface area contributed by atoms with Crippen LogP contribution in [0.25, 0.3) is 16.8 Å². The van der Waals surface area contributed by atoms with Gasteiger partial charge in [0.2, 0.25) is 5.91 Å². The summed E-state index contributed by atoms with van der Waals surface area (Å²) in [6.07, 6.45) is 1.25. The average Bonchev–Trinajstić information content (AvgIpc) is 2.86. The monoisotopic (exact) mass is 456 g/mol. The average molecular weight is 457 g/mol. The third-order valence-electron chi connectivity index (χ3n) is 5.89. The van der Waals surface area contributed by atoms with Gasteiger partial charge in [-0.25, -0.2) is 4.79 Å². The molecule has 0 spiro atoms. The van der Waals surface area contributed by atoms with E-state index in [1.54, 1.807) is 0 Å². The fourth-order valence-electron chi connectivity index (χ4n) is 4.02. The SMILES string of the molecule is C=C(NC)c1ccccc1-c1ccc(CN(C(=O)CCC)C(Cc2ccccc2)C(=O)O)cc1. The number of benzene rings is 3. The van der Waals surface area contributed by atoms with Crippen molar-refractivity contribution in [1.82, 2.24) is 10.2 Å². The van der Waals surface area contributed by atoms with Gasteiger partial charge in [-0.15, -0.1) is 0 Å². The lowest BCUT2D eigenvalue weighted by molar-refractivity contribution is -0.150. The Morgan fingerprint density at radius 3 is 2.21 bits per heavy atom. The summed E-state index contributed by atoms with van der Waals surface area (Å²) in [4.78, 5) is 26.7. The Balaban J connectivity index is 1.88. The highest BCUT2D eigenvalue weighted by molar-refractivity contribution is 5.84. The predicted octanol–water partition coefficient (Wildman–Crippen LogP) is 5.37. The van der Waals surface area contributed by atoms with E-state index in [0.29, 0.717) is 12.8 Å². The molecule has 1 unspecified atom stereocenters. The summed E-state index contributed by atoms with van der Waals surface area (Å²) in [5.41, 5.74) is 5.71. The molecule has 0 bridgehead atoms. The van der Waals surface area contributed by atoms with E-state index in [0.717, 1.165) is 33.5 Å². The summed E-state index contributed by atoms with van der Waals surface area (Å²) in [5.74, 6) is -1.14. The number of nitrogens with zero attached hydrogens (tertiary/aromatic N) is 1. The van der Waals surface area contributed by atoms with Gasteiger partial charge in [0.05, 0.1) is 0 Å². The molecule has 3 aromatic carbocycles. The number of rotatable bonds is 11. The van der Waals surface area contributed by atoms with E-state index in [1.165, 1.54) is 4.90 Å². The molecule has 0 aliphatic carbocycles. The van der Waals surface area contributed by atoms with E-state index in [-0.39, 0.29) is 18.9 Å². The van der Waals surface area contributed by atoms with Crippen LogP contribution in [-0.4, -0.2) is 35.0 Å². The van der Waals surface area contributed by atoms with Crippen molar-refractivity contribution in [2.75, 3.05) is 7.05 Å². The standard InChI is InChI=1S/C29H32N2O3/c1-4-10-28(32)31(27(29(33)34)19-22-11-6-5-7-12-22)20-23-15-17-24(18-16-23)26-14-9-8-13-25(26)21(2)30-3/h5-9,11-18,27,30H,2,4,10,19-20H2,1,3H3,(H,33,34). The molecule has 3 rings (SSSR count). The summed E-state index contributed by atoms with van der Waals surface area (Å²) >= 11 is 0. The Morgan fingerprint density at radius 1 is 0.941 bits per heavy atom. The number of nitrogens with one attached hydrogen (secondary N) is 1. The van der Waals surface area contributed by atoms with Gasteiger partial charge < -0.3 is 15.3 Å². The fourth-order valence-corrected chi connectivity index (χ4v) is 4.02. The molecule has 0 aromatic heterocycles. The molecule has 176 valence electrons. The number of carboxylic acid groups (broad SMARTS) is 1. The molecular weight excluding hydrogens is 424 g/mol. The van der Waals surface area contributed by atoms with E-state index in [2.05, 4.69) is 11.9 Å².